The zero-order valence-electron chi connectivity index (χ0n) is 12.1. The second kappa shape index (κ2) is 7.31. The van der Waals surface area contributed by atoms with Crippen molar-refractivity contribution in [1.82, 2.24) is 4.98 Å². The van der Waals surface area contributed by atoms with Crippen molar-refractivity contribution >= 4 is 29.2 Å². The second-order valence-electron chi connectivity index (χ2n) is 4.62. The van der Waals surface area contributed by atoms with E-state index >= 15 is 0 Å². The fourth-order valence-electron chi connectivity index (χ4n) is 1.65. The molecule has 1 aromatic carbocycles. The average molecular weight is 359 g/mol. The Kier molecular flexibility index (Phi) is 5.40. The van der Waals surface area contributed by atoms with Gasteiger partial charge in [0, 0.05) is 11.2 Å². The van der Waals surface area contributed by atoms with Crippen LogP contribution in [0.5, 0.6) is 0 Å². The molecule has 0 aliphatic heterocycles. The quantitative estimate of drug-likeness (QED) is 0.672. The first-order valence-electron chi connectivity index (χ1n) is 6.56. The van der Waals surface area contributed by atoms with Gasteiger partial charge in [-0.25, -0.2) is 22.9 Å². The third-order valence-electron chi connectivity index (χ3n) is 2.88. The predicted molar refractivity (Wildman–Crippen MR) is 79.1 cm³/mol. The summed E-state index contributed by atoms with van der Waals surface area (Å²) in [4.78, 5) is 27.4. The number of carbonyl (C=O) groups is 2. The SMILES string of the molecule is C[C@@H](OC(=O)c1cc(Cl)ccn1)C(=O)Nc1ccc(F)c(F)c1F. The van der Waals surface area contributed by atoms with Crippen molar-refractivity contribution in [3.63, 3.8) is 0 Å². The molecule has 24 heavy (non-hydrogen) atoms. The normalized spacial score (nSPS) is 11.7. The Morgan fingerprint density at radius 1 is 1.21 bits per heavy atom. The number of hydrogen-bond acceptors (Lipinski definition) is 4. The highest BCUT2D eigenvalue weighted by Gasteiger charge is 2.22. The number of aromatic nitrogens is 1. The lowest BCUT2D eigenvalue weighted by atomic mass is 10.2. The number of nitrogens with one attached hydrogen (secondary N) is 1. The number of halogens is 4. The van der Waals surface area contributed by atoms with E-state index in [-0.39, 0.29) is 10.7 Å². The van der Waals surface area contributed by atoms with E-state index in [2.05, 4.69) is 4.98 Å². The minimum atomic E-state index is -1.72. The molecule has 2 aromatic rings. The lowest BCUT2D eigenvalue weighted by Crippen LogP contribution is -2.30. The Labute approximate surface area is 139 Å². The zero-order chi connectivity index (χ0) is 17.9. The Morgan fingerprint density at radius 2 is 1.92 bits per heavy atom. The van der Waals surface area contributed by atoms with Crippen molar-refractivity contribution in [3.05, 3.63) is 58.6 Å². The van der Waals surface area contributed by atoms with E-state index in [9.17, 15) is 22.8 Å². The number of benzene rings is 1. The van der Waals surface area contributed by atoms with Gasteiger partial charge in [-0.15, -0.1) is 0 Å². The summed E-state index contributed by atoms with van der Waals surface area (Å²) >= 11 is 5.71. The minimum Gasteiger partial charge on any atom is -0.448 e. The molecule has 0 saturated heterocycles. The number of pyridine rings is 1. The van der Waals surface area contributed by atoms with E-state index in [1.807, 2.05) is 5.32 Å². The number of ether oxygens (including phenoxy) is 1. The maximum Gasteiger partial charge on any atom is 0.357 e. The fraction of sp³-hybridized carbons (Fsp3) is 0.133. The van der Waals surface area contributed by atoms with E-state index in [1.165, 1.54) is 25.3 Å². The van der Waals surface area contributed by atoms with Crippen molar-refractivity contribution < 1.29 is 27.5 Å². The van der Waals surface area contributed by atoms with E-state index < -0.39 is 41.1 Å². The Balaban J connectivity index is 2.05. The molecule has 0 fully saturated rings. The van der Waals surface area contributed by atoms with E-state index in [4.69, 9.17) is 16.3 Å². The van der Waals surface area contributed by atoms with Gasteiger partial charge in [0.1, 0.15) is 5.69 Å². The minimum absolute atomic E-state index is 0.124. The molecular formula is C15H10ClF3N2O3. The van der Waals surface area contributed by atoms with Crippen LogP contribution < -0.4 is 5.32 Å². The van der Waals surface area contributed by atoms with Gasteiger partial charge < -0.3 is 10.1 Å². The summed E-state index contributed by atoms with van der Waals surface area (Å²) < 4.78 is 44.3. The molecule has 1 aromatic heterocycles. The summed E-state index contributed by atoms with van der Waals surface area (Å²) in [5.41, 5.74) is -0.705. The molecule has 9 heteroatoms. The van der Waals surface area contributed by atoms with Gasteiger partial charge in [0.25, 0.3) is 5.91 Å². The van der Waals surface area contributed by atoms with Gasteiger partial charge in [-0.1, -0.05) is 11.6 Å². The van der Waals surface area contributed by atoms with Gasteiger partial charge in [0.2, 0.25) is 0 Å². The van der Waals surface area contributed by atoms with Gasteiger partial charge in [-0.2, -0.15) is 0 Å². The highest BCUT2D eigenvalue weighted by molar-refractivity contribution is 6.30. The summed E-state index contributed by atoms with van der Waals surface area (Å²) in [5.74, 6) is -6.53. The van der Waals surface area contributed by atoms with Crippen LogP contribution in [0.25, 0.3) is 0 Å². The van der Waals surface area contributed by atoms with Crippen LogP contribution in [0, 0.1) is 17.5 Å². The molecule has 0 unspecified atom stereocenters. The number of esters is 1. The fourth-order valence-corrected chi connectivity index (χ4v) is 1.81. The van der Waals surface area contributed by atoms with Gasteiger partial charge in [0.15, 0.2) is 23.6 Å². The van der Waals surface area contributed by atoms with Crippen LogP contribution in [0.3, 0.4) is 0 Å². The van der Waals surface area contributed by atoms with Crippen LogP contribution in [0.2, 0.25) is 5.02 Å². The van der Waals surface area contributed by atoms with Crippen molar-refractivity contribution in [3.8, 4) is 0 Å². The molecule has 2 rings (SSSR count). The van der Waals surface area contributed by atoms with Gasteiger partial charge in [-0.3, -0.25) is 4.79 Å². The summed E-state index contributed by atoms with van der Waals surface area (Å²) in [5, 5.41) is 2.25. The molecule has 1 amide bonds. The Morgan fingerprint density at radius 3 is 2.58 bits per heavy atom. The Bertz CT molecular complexity index is 802. The number of amides is 1. The molecule has 0 radical (unpaired) electrons. The van der Waals surface area contributed by atoms with Gasteiger partial charge in [-0.05, 0) is 31.2 Å². The number of nitrogens with zero attached hydrogens (tertiary/aromatic N) is 1. The number of hydrogen-bond donors (Lipinski definition) is 1. The first-order valence-corrected chi connectivity index (χ1v) is 6.94. The van der Waals surface area contributed by atoms with Crippen LogP contribution in [-0.2, 0) is 9.53 Å². The van der Waals surface area contributed by atoms with Gasteiger partial charge >= 0.3 is 5.97 Å². The standard InChI is InChI=1S/C15H10ClF3N2O3/c1-7(24-15(23)11-6-8(16)4-5-20-11)14(22)21-10-3-2-9(17)12(18)13(10)19/h2-7H,1H3,(H,21,22)/t7-/m1/s1. The molecule has 1 atom stereocenters. The second-order valence-corrected chi connectivity index (χ2v) is 5.06. The molecule has 1 heterocycles. The monoisotopic (exact) mass is 358 g/mol. The molecule has 0 aliphatic carbocycles. The number of rotatable bonds is 4. The molecular weight excluding hydrogens is 349 g/mol. The molecule has 126 valence electrons. The van der Waals surface area contributed by atoms with Crippen LogP contribution in [-0.4, -0.2) is 23.0 Å². The predicted octanol–water partition coefficient (Wildman–Crippen LogP) is 3.34. The lowest BCUT2D eigenvalue weighted by molar-refractivity contribution is -0.123. The zero-order valence-corrected chi connectivity index (χ0v) is 12.9. The number of carbonyl (C=O) groups excluding carboxylic acids is 2. The molecule has 5 nitrogen and oxygen atoms in total. The van der Waals surface area contributed by atoms with Crippen molar-refractivity contribution in [2.24, 2.45) is 0 Å². The molecule has 0 saturated carbocycles. The van der Waals surface area contributed by atoms with E-state index in [1.54, 1.807) is 0 Å². The third-order valence-corrected chi connectivity index (χ3v) is 3.11. The molecule has 0 aliphatic rings. The van der Waals surface area contributed by atoms with Gasteiger partial charge in [0.05, 0.1) is 5.69 Å². The first-order chi connectivity index (χ1) is 11.3. The summed E-state index contributed by atoms with van der Waals surface area (Å²) in [7, 11) is 0. The topological polar surface area (TPSA) is 68.3 Å². The largest absolute Gasteiger partial charge is 0.448 e. The highest BCUT2D eigenvalue weighted by Crippen LogP contribution is 2.20. The maximum absolute atomic E-state index is 13.5. The van der Waals surface area contributed by atoms with E-state index in [0.717, 1.165) is 6.07 Å². The average Bonchev–Trinajstić information content (AvgIpc) is 2.55. The first kappa shape index (κ1) is 17.7. The van der Waals surface area contributed by atoms with Crippen LogP contribution >= 0.6 is 11.6 Å². The van der Waals surface area contributed by atoms with Crippen LogP contribution in [0.1, 0.15) is 17.4 Å². The van der Waals surface area contributed by atoms with Crippen LogP contribution in [0.4, 0.5) is 18.9 Å². The van der Waals surface area contributed by atoms with Crippen molar-refractivity contribution in [2.45, 2.75) is 13.0 Å². The van der Waals surface area contributed by atoms with Crippen LogP contribution in [0.15, 0.2) is 30.5 Å². The van der Waals surface area contributed by atoms with Crippen molar-refractivity contribution in [2.75, 3.05) is 5.32 Å². The smallest absolute Gasteiger partial charge is 0.357 e. The molecule has 0 bridgehead atoms. The van der Waals surface area contributed by atoms with E-state index in [0.29, 0.717) is 6.07 Å². The Hall–Kier alpha value is -2.61. The summed E-state index contributed by atoms with van der Waals surface area (Å²) in [6, 6.07) is 4.18. The van der Waals surface area contributed by atoms with Crippen molar-refractivity contribution in [1.29, 1.82) is 0 Å². The third kappa shape index (κ3) is 4.02. The lowest BCUT2D eigenvalue weighted by Gasteiger charge is -2.14. The number of anilines is 1. The molecule has 1 N–H and O–H groups in total. The molecule has 0 spiro atoms. The maximum atomic E-state index is 13.5. The summed E-state index contributed by atoms with van der Waals surface area (Å²) in [6.45, 7) is 1.22. The highest BCUT2D eigenvalue weighted by atomic mass is 35.5. The summed E-state index contributed by atoms with van der Waals surface area (Å²) in [6.07, 6.45) is -0.0637.